The van der Waals surface area contributed by atoms with Crippen LogP contribution in [0.2, 0.25) is 0 Å². The van der Waals surface area contributed by atoms with Crippen molar-refractivity contribution in [3.05, 3.63) is 53.5 Å². The summed E-state index contributed by atoms with van der Waals surface area (Å²) >= 11 is 0. The first-order chi connectivity index (χ1) is 7.70. The summed E-state index contributed by atoms with van der Waals surface area (Å²) < 4.78 is 12.8. The normalized spacial score (nSPS) is 10.4. The van der Waals surface area contributed by atoms with Crippen molar-refractivity contribution in [3.8, 4) is 11.3 Å². The second-order valence-corrected chi connectivity index (χ2v) is 3.65. The third kappa shape index (κ3) is 2.09. The van der Waals surface area contributed by atoms with Gasteiger partial charge in [0.25, 0.3) is 0 Å². The quantitative estimate of drug-likeness (QED) is 0.838. The van der Waals surface area contributed by atoms with Gasteiger partial charge in [-0.1, -0.05) is 6.07 Å². The molecule has 0 aliphatic rings. The van der Waals surface area contributed by atoms with E-state index in [0.717, 1.165) is 22.5 Å². The van der Waals surface area contributed by atoms with Gasteiger partial charge in [0.15, 0.2) is 0 Å². The summed E-state index contributed by atoms with van der Waals surface area (Å²) in [6, 6.07) is 10.2. The standard InChI is InChI=1S/C13H13FN2/c1-9-11(8-15)4-7-13(16-9)10-2-5-12(14)6-3-10/h2-7H,8,15H2,1H3. The zero-order valence-corrected chi connectivity index (χ0v) is 9.07. The molecule has 1 aromatic carbocycles. The van der Waals surface area contributed by atoms with E-state index in [1.54, 1.807) is 12.1 Å². The van der Waals surface area contributed by atoms with Crippen LogP contribution in [0.1, 0.15) is 11.3 Å². The van der Waals surface area contributed by atoms with E-state index in [9.17, 15) is 4.39 Å². The lowest BCUT2D eigenvalue weighted by molar-refractivity contribution is 0.628. The third-order valence-electron chi connectivity index (χ3n) is 2.56. The highest BCUT2D eigenvalue weighted by molar-refractivity contribution is 5.59. The molecule has 0 saturated heterocycles. The molecular formula is C13H13FN2. The Morgan fingerprint density at radius 2 is 1.81 bits per heavy atom. The van der Waals surface area contributed by atoms with E-state index in [1.165, 1.54) is 12.1 Å². The average molecular weight is 216 g/mol. The number of nitrogens with two attached hydrogens (primary N) is 1. The van der Waals surface area contributed by atoms with E-state index >= 15 is 0 Å². The van der Waals surface area contributed by atoms with Gasteiger partial charge in [0.05, 0.1) is 5.69 Å². The number of hydrogen-bond acceptors (Lipinski definition) is 2. The molecule has 2 aromatic rings. The fourth-order valence-electron chi connectivity index (χ4n) is 1.59. The molecule has 0 amide bonds. The summed E-state index contributed by atoms with van der Waals surface area (Å²) in [5.74, 6) is -0.237. The van der Waals surface area contributed by atoms with Crippen LogP contribution in [0.3, 0.4) is 0 Å². The van der Waals surface area contributed by atoms with Crippen LogP contribution in [0.4, 0.5) is 4.39 Å². The topological polar surface area (TPSA) is 38.9 Å². The minimum Gasteiger partial charge on any atom is -0.326 e. The van der Waals surface area contributed by atoms with Crippen molar-refractivity contribution >= 4 is 0 Å². The van der Waals surface area contributed by atoms with E-state index in [1.807, 2.05) is 19.1 Å². The Morgan fingerprint density at radius 1 is 1.12 bits per heavy atom. The molecule has 82 valence electrons. The molecule has 0 atom stereocenters. The van der Waals surface area contributed by atoms with Crippen LogP contribution in [0.25, 0.3) is 11.3 Å². The zero-order valence-electron chi connectivity index (χ0n) is 9.07. The lowest BCUT2D eigenvalue weighted by Crippen LogP contribution is -2.01. The first-order valence-corrected chi connectivity index (χ1v) is 5.13. The molecule has 2 nitrogen and oxygen atoms in total. The van der Waals surface area contributed by atoms with Gasteiger partial charge in [-0.2, -0.15) is 0 Å². The number of halogens is 1. The van der Waals surface area contributed by atoms with Crippen LogP contribution < -0.4 is 5.73 Å². The van der Waals surface area contributed by atoms with Gasteiger partial charge in [-0.05, 0) is 42.8 Å². The van der Waals surface area contributed by atoms with Gasteiger partial charge in [0.2, 0.25) is 0 Å². The molecule has 2 rings (SSSR count). The summed E-state index contributed by atoms with van der Waals surface area (Å²) in [6.45, 7) is 2.41. The fraction of sp³-hybridized carbons (Fsp3) is 0.154. The van der Waals surface area contributed by atoms with Crippen LogP contribution in [0.15, 0.2) is 36.4 Å². The molecule has 16 heavy (non-hydrogen) atoms. The Kier molecular flexibility index (Phi) is 2.97. The third-order valence-corrected chi connectivity index (χ3v) is 2.56. The molecule has 1 aromatic heterocycles. The molecule has 0 bridgehead atoms. The molecule has 0 aliphatic heterocycles. The first kappa shape index (κ1) is 10.8. The van der Waals surface area contributed by atoms with Crippen molar-refractivity contribution < 1.29 is 4.39 Å². The van der Waals surface area contributed by atoms with Crippen LogP contribution in [0.5, 0.6) is 0 Å². The van der Waals surface area contributed by atoms with Crippen LogP contribution in [-0.4, -0.2) is 4.98 Å². The van der Waals surface area contributed by atoms with Gasteiger partial charge in [-0.15, -0.1) is 0 Å². The smallest absolute Gasteiger partial charge is 0.123 e. The molecule has 0 aliphatic carbocycles. The van der Waals surface area contributed by atoms with E-state index in [-0.39, 0.29) is 5.82 Å². The van der Waals surface area contributed by atoms with Crippen molar-refractivity contribution in [2.45, 2.75) is 13.5 Å². The predicted molar refractivity (Wildman–Crippen MR) is 62.3 cm³/mol. The van der Waals surface area contributed by atoms with Gasteiger partial charge in [-0.25, -0.2) is 4.39 Å². The minimum atomic E-state index is -0.237. The molecule has 0 unspecified atom stereocenters. The molecule has 0 saturated carbocycles. The van der Waals surface area contributed by atoms with E-state index in [2.05, 4.69) is 4.98 Å². The number of benzene rings is 1. The summed E-state index contributed by atoms with van der Waals surface area (Å²) in [6.07, 6.45) is 0. The Labute approximate surface area is 93.9 Å². The maximum atomic E-state index is 12.8. The van der Waals surface area contributed by atoms with Crippen LogP contribution in [-0.2, 0) is 6.54 Å². The van der Waals surface area contributed by atoms with Gasteiger partial charge in [0, 0.05) is 17.8 Å². The summed E-state index contributed by atoms with van der Waals surface area (Å²) in [5.41, 5.74) is 9.28. The first-order valence-electron chi connectivity index (χ1n) is 5.13. The van der Waals surface area contributed by atoms with E-state index in [4.69, 9.17) is 5.73 Å². The molecule has 0 fully saturated rings. The van der Waals surface area contributed by atoms with Crippen molar-refractivity contribution in [1.29, 1.82) is 0 Å². The second-order valence-electron chi connectivity index (χ2n) is 3.65. The average Bonchev–Trinajstić information content (AvgIpc) is 2.30. The Balaban J connectivity index is 2.41. The molecule has 2 N–H and O–H groups in total. The molecule has 0 radical (unpaired) electrons. The lowest BCUT2D eigenvalue weighted by atomic mass is 10.1. The number of aromatic nitrogens is 1. The summed E-state index contributed by atoms with van der Waals surface area (Å²) in [7, 11) is 0. The molecule has 0 spiro atoms. The fourth-order valence-corrected chi connectivity index (χ4v) is 1.59. The van der Waals surface area contributed by atoms with Crippen LogP contribution in [0, 0.1) is 12.7 Å². The highest BCUT2D eigenvalue weighted by atomic mass is 19.1. The maximum absolute atomic E-state index is 12.8. The molecule has 3 heteroatoms. The SMILES string of the molecule is Cc1nc(-c2ccc(F)cc2)ccc1CN. The summed E-state index contributed by atoms with van der Waals surface area (Å²) in [4.78, 5) is 4.44. The summed E-state index contributed by atoms with van der Waals surface area (Å²) in [5, 5.41) is 0. The highest BCUT2D eigenvalue weighted by Gasteiger charge is 2.02. The second kappa shape index (κ2) is 4.41. The maximum Gasteiger partial charge on any atom is 0.123 e. The molecule has 1 heterocycles. The zero-order chi connectivity index (χ0) is 11.5. The van der Waals surface area contributed by atoms with Gasteiger partial charge in [0.1, 0.15) is 5.82 Å². The van der Waals surface area contributed by atoms with Gasteiger partial charge < -0.3 is 5.73 Å². The highest BCUT2D eigenvalue weighted by Crippen LogP contribution is 2.19. The number of hydrogen-bond donors (Lipinski definition) is 1. The molecular weight excluding hydrogens is 203 g/mol. The van der Waals surface area contributed by atoms with Gasteiger partial charge in [-0.3, -0.25) is 4.98 Å². The number of aryl methyl sites for hydroxylation is 1. The van der Waals surface area contributed by atoms with Crippen LogP contribution >= 0.6 is 0 Å². The lowest BCUT2D eigenvalue weighted by Gasteiger charge is -2.05. The van der Waals surface area contributed by atoms with Crippen molar-refractivity contribution in [2.24, 2.45) is 5.73 Å². The minimum absolute atomic E-state index is 0.237. The Hall–Kier alpha value is -1.74. The Morgan fingerprint density at radius 3 is 2.38 bits per heavy atom. The largest absolute Gasteiger partial charge is 0.326 e. The van der Waals surface area contributed by atoms with Crippen molar-refractivity contribution in [2.75, 3.05) is 0 Å². The van der Waals surface area contributed by atoms with E-state index in [0.29, 0.717) is 6.54 Å². The predicted octanol–water partition coefficient (Wildman–Crippen LogP) is 2.65. The van der Waals surface area contributed by atoms with Crippen molar-refractivity contribution in [3.63, 3.8) is 0 Å². The number of nitrogens with zero attached hydrogens (tertiary/aromatic N) is 1. The Bertz CT molecular complexity index is 492. The van der Waals surface area contributed by atoms with Gasteiger partial charge >= 0.3 is 0 Å². The number of rotatable bonds is 2. The van der Waals surface area contributed by atoms with Crippen molar-refractivity contribution in [1.82, 2.24) is 4.98 Å². The monoisotopic (exact) mass is 216 g/mol. The van der Waals surface area contributed by atoms with E-state index < -0.39 is 0 Å². The number of pyridine rings is 1.